The number of carbonyl (C=O) groups is 3. The Morgan fingerprint density at radius 3 is 2.26 bits per heavy atom. The van der Waals surface area contributed by atoms with Crippen molar-refractivity contribution >= 4 is 58.0 Å². The van der Waals surface area contributed by atoms with Crippen LogP contribution in [0.15, 0.2) is 71.4 Å². The number of nitrogens with one attached hydrogen (secondary N) is 2. The van der Waals surface area contributed by atoms with E-state index in [0.29, 0.717) is 11.3 Å². The van der Waals surface area contributed by atoms with Crippen molar-refractivity contribution in [2.75, 3.05) is 22.6 Å². The molecular weight excluding hydrogens is 546 g/mol. The molecule has 196 valence electrons. The van der Waals surface area contributed by atoms with Crippen LogP contribution >= 0.6 is 23.2 Å². The van der Waals surface area contributed by atoms with Gasteiger partial charge in [-0.2, -0.15) is 13.2 Å². The maximum absolute atomic E-state index is 13.2. The molecule has 0 aliphatic carbocycles. The van der Waals surface area contributed by atoms with E-state index < -0.39 is 34.5 Å². The van der Waals surface area contributed by atoms with Crippen LogP contribution in [0.25, 0.3) is 0 Å². The van der Waals surface area contributed by atoms with E-state index in [9.17, 15) is 27.6 Å². The fourth-order valence-electron chi connectivity index (χ4n) is 3.63. The molecule has 1 aliphatic heterocycles. The molecule has 12 heteroatoms. The van der Waals surface area contributed by atoms with Crippen LogP contribution in [0.5, 0.6) is 5.75 Å². The zero-order chi connectivity index (χ0) is 27.8. The number of hydrogen-bond acceptors (Lipinski definition) is 5. The number of nitrogens with zero attached hydrogens (tertiary/aromatic N) is 1. The van der Waals surface area contributed by atoms with E-state index in [1.807, 2.05) is 0 Å². The highest BCUT2D eigenvalue weighted by Gasteiger charge is 2.39. The lowest BCUT2D eigenvalue weighted by Gasteiger charge is -2.16. The smallest absolute Gasteiger partial charge is 0.417 e. The molecule has 38 heavy (non-hydrogen) atoms. The molecule has 0 saturated carbocycles. The second-order valence-electron chi connectivity index (χ2n) is 8.13. The number of imide groups is 1. The van der Waals surface area contributed by atoms with Crippen LogP contribution in [0.2, 0.25) is 5.02 Å². The van der Waals surface area contributed by atoms with Crippen molar-refractivity contribution in [3.05, 3.63) is 93.1 Å². The summed E-state index contributed by atoms with van der Waals surface area (Å²) in [6.07, 6.45) is -4.70. The summed E-state index contributed by atoms with van der Waals surface area (Å²) in [4.78, 5) is 39.5. The number of benzene rings is 3. The molecule has 0 atom stereocenters. The quantitative estimate of drug-likeness (QED) is 0.340. The normalized spacial score (nSPS) is 13.7. The highest BCUT2D eigenvalue weighted by atomic mass is 35.5. The minimum absolute atomic E-state index is 0.0714. The van der Waals surface area contributed by atoms with Crippen molar-refractivity contribution in [2.45, 2.75) is 13.1 Å². The van der Waals surface area contributed by atoms with Crippen LogP contribution in [0.1, 0.15) is 21.5 Å². The van der Waals surface area contributed by atoms with Gasteiger partial charge in [-0.1, -0.05) is 29.3 Å². The number of anilines is 3. The topological polar surface area (TPSA) is 87.7 Å². The lowest BCUT2D eigenvalue weighted by Crippen LogP contribution is -2.32. The molecule has 3 aromatic carbocycles. The predicted molar refractivity (Wildman–Crippen MR) is 138 cm³/mol. The van der Waals surface area contributed by atoms with Crippen molar-refractivity contribution in [1.29, 1.82) is 0 Å². The molecule has 0 unspecified atom stereocenters. The third-order valence-corrected chi connectivity index (χ3v) is 6.33. The van der Waals surface area contributed by atoms with Gasteiger partial charge < -0.3 is 15.4 Å². The van der Waals surface area contributed by atoms with Crippen molar-refractivity contribution in [3.8, 4) is 5.75 Å². The molecule has 7 nitrogen and oxygen atoms in total. The molecule has 0 fully saturated rings. The molecule has 1 heterocycles. The summed E-state index contributed by atoms with van der Waals surface area (Å²) in [5, 5.41) is 4.37. The monoisotopic (exact) mass is 563 g/mol. The fourth-order valence-corrected chi connectivity index (χ4v) is 4.07. The van der Waals surface area contributed by atoms with Gasteiger partial charge in [-0.15, -0.1) is 0 Å². The highest BCUT2D eigenvalue weighted by Crippen LogP contribution is 2.36. The van der Waals surface area contributed by atoms with Gasteiger partial charge in [-0.3, -0.25) is 14.4 Å². The summed E-state index contributed by atoms with van der Waals surface area (Å²) in [5.74, 6) is -1.62. The number of methoxy groups -OCH3 is 1. The summed E-state index contributed by atoms with van der Waals surface area (Å²) >= 11 is 11.8. The average Bonchev–Trinajstić information content (AvgIpc) is 3.08. The van der Waals surface area contributed by atoms with Crippen molar-refractivity contribution in [1.82, 2.24) is 0 Å². The molecule has 2 N–H and O–H groups in total. The lowest BCUT2D eigenvalue weighted by atomic mass is 10.1. The van der Waals surface area contributed by atoms with Crippen LogP contribution in [-0.2, 0) is 15.8 Å². The zero-order valence-corrected chi connectivity index (χ0v) is 21.3. The van der Waals surface area contributed by atoms with Gasteiger partial charge in [0.05, 0.1) is 23.4 Å². The number of rotatable bonds is 6. The molecule has 4 rings (SSSR count). The van der Waals surface area contributed by atoms with Crippen molar-refractivity contribution in [2.24, 2.45) is 0 Å². The van der Waals surface area contributed by atoms with Gasteiger partial charge in [0.25, 0.3) is 17.7 Å². The van der Waals surface area contributed by atoms with Crippen molar-refractivity contribution < 1.29 is 32.3 Å². The summed E-state index contributed by atoms with van der Waals surface area (Å²) in [7, 11) is 1.48. The largest absolute Gasteiger partial charge is 0.497 e. The second kappa shape index (κ2) is 10.4. The summed E-state index contributed by atoms with van der Waals surface area (Å²) in [6.45, 7) is 1.69. The number of carbonyl (C=O) groups excluding carboxylic acids is 3. The molecule has 0 bridgehead atoms. The number of amides is 3. The minimum atomic E-state index is -4.70. The van der Waals surface area contributed by atoms with Crippen LogP contribution in [0, 0.1) is 6.92 Å². The molecule has 3 amide bonds. The van der Waals surface area contributed by atoms with E-state index >= 15 is 0 Å². The van der Waals surface area contributed by atoms with Crippen LogP contribution in [-0.4, -0.2) is 24.8 Å². The molecule has 0 radical (unpaired) electrons. The van der Waals surface area contributed by atoms with Crippen LogP contribution in [0.4, 0.5) is 30.2 Å². The first-order chi connectivity index (χ1) is 17.9. The number of hydrogen-bond donors (Lipinski definition) is 2. The summed E-state index contributed by atoms with van der Waals surface area (Å²) in [6, 6.07) is 13.6. The third-order valence-electron chi connectivity index (χ3n) is 5.65. The second-order valence-corrected chi connectivity index (χ2v) is 8.92. The molecule has 1 aliphatic rings. The average molecular weight is 564 g/mol. The van der Waals surface area contributed by atoms with Gasteiger partial charge in [0.1, 0.15) is 16.5 Å². The van der Waals surface area contributed by atoms with Crippen LogP contribution < -0.4 is 20.3 Å². The van der Waals surface area contributed by atoms with E-state index in [-0.39, 0.29) is 33.4 Å². The Kier molecular flexibility index (Phi) is 7.39. The van der Waals surface area contributed by atoms with Gasteiger partial charge in [0.15, 0.2) is 0 Å². The number of alkyl halides is 3. The Bertz CT molecular complexity index is 1490. The first-order valence-electron chi connectivity index (χ1n) is 10.9. The number of aryl methyl sites for hydroxylation is 1. The highest BCUT2D eigenvalue weighted by molar-refractivity contribution is 6.53. The van der Waals surface area contributed by atoms with E-state index in [1.54, 1.807) is 25.1 Å². The molecule has 3 aromatic rings. The first-order valence-corrected chi connectivity index (χ1v) is 11.6. The Morgan fingerprint density at radius 2 is 1.63 bits per heavy atom. The first kappa shape index (κ1) is 27.0. The Balaban J connectivity index is 1.57. The minimum Gasteiger partial charge on any atom is -0.497 e. The van der Waals surface area contributed by atoms with Crippen LogP contribution in [0.3, 0.4) is 0 Å². The zero-order valence-electron chi connectivity index (χ0n) is 19.7. The van der Waals surface area contributed by atoms with Gasteiger partial charge in [-0.05, 0) is 67.1 Å². The SMILES string of the molecule is COc1ccc(N2C(=O)C(Cl)=C(Nc3cc(C(=O)Nc4ccc(Cl)c(C(F)(F)F)c4)ccc3C)C2=O)cc1. The molecule has 0 spiro atoms. The summed E-state index contributed by atoms with van der Waals surface area (Å²) in [5.41, 5.74) is -0.150. The number of halogens is 5. The maximum atomic E-state index is 13.2. The van der Waals surface area contributed by atoms with Crippen molar-refractivity contribution in [3.63, 3.8) is 0 Å². The maximum Gasteiger partial charge on any atom is 0.417 e. The van der Waals surface area contributed by atoms with E-state index in [2.05, 4.69) is 10.6 Å². The Morgan fingerprint density at radius 1 is 0.947 bits per heavy atom. The lowest BCUT2D eigenvalue weighted by molar-refractivity contribution is -0.137. The van der Waals surface area contributed by atoms with Gasteiger partial charge in [0, 0.05) is 16.9 Å². The third kappa shape index (κ3) is 5.32. The number of ether oxygens (including phenoxy) is 1. The van der Waals surface area contributed by atoms with E-state index in [4.69, 9.17) is 27.9 Å². The Labute approximate surface area is 224 Å². The van der Waals surface area contributed by atoms with E-state index in [1.165, 1.54) is 37.4 Å². The standard InChI is InChI=1S/C26H18Cl2F3N3O4/c1-13-3-4-14(23(35)32-15-5-10-19(27)18(12-15)26(29,30)31)11-20(13)33-22-21(28)24(36)34(25(22)37)16-6-8-17(38-2)9-7-16/h3-12,33H,1-2H3,(H,32,35). The molecular formula is C26H18Cl2F3N3O4. The fraction of sp³-hybridized carbons (Fsp3) is 0.115. The van der Waals surface area contributed by atoms with E-state index in [0.717, 1.165) is 17.0 Å². The Hall–Kier alpha value is -4.02. The van der Waals surface area contributed by atoms with Gasteiger partial charge >= 0.3 is 6.18 Å². The summed E-state index contributed by atoms with van der Waals surface area (Å²) < 4.78 is 44.6. The van der Waals surface area contributed by atoms with Gasteiger partial charge in [-0.25, -0.2) is 4.90 Å². The molecule has 0 aromatic heterocycles. The van der Waals surface area contributed by atoms with Gasteiger partial charge in [0.2, 0.25) is 0 Å². The predicted octanol–water partition coefficient (Wildman–Crippen LogP) is 6.36. The molecule has 0 saturated heterocycles.